The number of hydrogen-bond donors (Lipinski definition) is 1. The Morgan fingerprint density at radius 3 is 2.55 bits per heavy atom. The zero-order chi connectivity index (χ0) is 15.8. The number of ether oxygens (including phenoxy) is 1. The third-order valence-corrected chi connectivity index (χ3v) is 3.79. The Hall–Kier alpha value is -1.59. The van der Waals surface area contributed by atoms with E-state index in [1.165, 1.54) is 0 Å². The van der Waals surface area contributed by atoms with Crippen molar-refractivity contribution >= 4 is 5.91 Å². The average Bonchev–Trinajstić information content (AvgIpc) is 2.52. The van der Waals surface area contributed by atoms with E-state index in [1.807, 2.05) is 35.2 Å². The molecule has 1 aliphatic rings. The summed E-state index contributed by atoms with van der Waals surface area (Å²) in [6, 6.07) is 9.67. The van der Waals surface area contributed by atoms with Gasteiger partial charge in [-0.05, 0) is 25.5 Å². The van der Waals surface area contributed by atoms with Crippen LogP contribution in [0.1, 0.15) is 19.8 Å². The van der Waals surface area contributed by atoms with Crippen molar-refractivity contribution in [3.05, 3.63) is 30.3 Å². The number of aliphatic hydroxyl groups excluding tert-OH is 1. The molecule has 1 atom stereocenters. The van der Waals surface area contributed by atoms with Crippen LogP contribution in [0.25, 0.3) is 0 Å². The molecule has 5 nitrogen and oxygen atoms in total. The number of carbonyl (C=O) groups is 1. The van der Waals surface area contributed by atoms with Crippen molar-refractivity contribution in [3.63, 3.8) is 0 Å². The monoisotopic (exact) mass is 306 g/mol. The summed E-state index contributed by atoms with van der Waals surface area (Å²) >= 11 is 0. The van der Waals surface area contributed by atoms with Gasteiger partial charge in [0.2, 0.25) is 5.91 Å². The maximum Gasteiger partial charge on any atom is 0.222 e. The highest BCUT2D eigenvalue weighted by molar-refractivity contribution is 5.76. The highest BCUT2D eigenvalue weighted by Crippen LogP contribution is 2.10. The van der Waals surface area contributed by atoms with Crippen molar-refractivity contribution in [2.45, 2.75) is 25.9 Å². The normalized spacial score (nSPS) is 17.3. The number of carbonyl (C=O) groups excluding carboxylic acids is 1. The van der Waals surface area contributed by atoms with Gasteiger partial charge in [-0.2, -0.15) is 0 Å². The zero-order valence-electron chi connectivity index (χ0n) is 13.3. The Morgan fingerprint density at radius 1 is 1.23 bits per heavy atom. The molecule has 1 fully saturated rings. The van der Waals surface area contributed by atoms with Crippen LogP contribution in [0.15, 0.2) is 30.3 Å². The predicted octanol–water partition coefficient (Wildman–Crippen LogP) is 1.37. The molecule has 1 N–H and O–H groups in total. The molecular weight excluding hydrogens is 280 g/mol. The molecule has 22 heavy (non-hydrogen) atoms. The Balaban J connectivity index is 1.60. The Bertz CT molecular complexity index is 442. The Labute approximate surface area is 132 Å². The molecule has 5 heteroatoms. The molecule has 1 heterocycles. The number of amides is 1. The van der Waals surface area contributed by atoms with Gasteiger partial charge in [-0.1, -0.05) is 18.2 Å². The summed E-state index contributed by atoms with van der Waals surface area (Å²) in [5.74, 6) is 1.05. The van der Waals surface area contributed by atoms with Crippen LogP contribution in [0.3, 0.4) is 0 Å². The molecule has 1 aromatic rings. The van der Waals surface area contributed by atoms with E-state index < -0.39 is 0 Å². The number of piperazine rings is 1. The summed E-state index contributed by atoms with van der Waals surface area (Å²) in [5.41, 5.74) is 0. The first-order chi connectivity index (χ1) is 10.6. The highest BCUT2D eigenvalue weighted by atomic mass is 16.5. The molecule has 0 radical (unpaired) electrons. The van der Waals surface area contributed by atoms with Crippen molar-refractivity contribution in [2.75, 3.05) is 39.3 Å². The maximum atomic E-state index is 12.1. The van der Waals surface area contributed by atoms with E-state index in [1.54, 1.807) is 6.92 Å². The second kappa shape index (κ2) is 8.76. The van der Waals surface area contributed by atoms with Gasteiger partial charge in [-0.25, -0.2) is 0 Å². The van der Waals surface area contributed by atoms with Crippen LogP contribution in [0.2, 0.25) is 0 Å². The summed E-state index contributed by atoms with van der Waals surface area (Å²) in [4.78, 5) is 16.3. The van der Waals surface area contributed by atoms with Crippen LogP contribution in [0, 0.1) is 0 Å². The first-order valence-corrected chi connectivity index (χ1v) is 8.01. The van der Waals surface area contributed by atoms with Crippen LogP contribution >= 0.6 is 0 Å². The molecule has 1 aliphatic heterocycles. The second-order valence-corrected chi connectivity index (χ2v) is 5.80. The van der Waals surface area contributed by atoms with Crippen molar-refractivity contribution < 1.29 is 14.6 Å². The van der Waals surface area contributed by atoms with Gasteiger partial charge in [0.05, 0.1) is 12.7 Å². The standard InChI is InChI=1S/C17H26N2O3/c1-15(20)14-18-9-11-19(12-10-18)17(21)8-5-13-22-16-6-3-2-4-7-16/h2-4,6-7,15,20H,5,8-14H2,1H3. The molecule has 0 saturated carbocycles. The van der Waals surface area contributed by atoms with Gasteiger partial charge in [0, 0.05) is 39.1 Å². The van der Waals surface area contributed by atoms with Crippen LogP contribution in [0.5, 0.6) is 5.75 Å². The van der Waals surface area contributed by atoms with Crippen molar-refractivity contribution in [1.29, 1.82) is 0 Å². The predicted molar refractivity (Wildman–Crippen MR) is 85.9 cm³/mol. The Kier molecular flexibility index (Phi) is 6.68. The molecule has 0 bridgehead atoms. The van der Waals surface area contributed by atoms with Crippen LogP contribution in [-0.4, -0.2) is 66.2 Å². The van der Waals surface area contributed by atoms with Crippen LogP contribution < -0.4 is 4.74 Å². The lowest BCUT2D eigenvalue weighted by Crippen LogP contribution is -2.50. The molecule has 122 valence electrons. The zero-order valence-corrected chi connectivity index (χ0v) is 13.3. The van der Waals surface area contributed by atoms with E-state index >= 15 is 0 Å². The SMILES string of the molecule is CC(O)CN1CCN(C(=O)CCCOc2ccccc2)CC1. The number of nitrogens with zero attached hydrogens (tertiary/aromatic N) is 2. The summed E-state index contributed by atoms with van der Waals surface area (Å²) in [5, 5.41) is 9.38. The molecule has 1 saturated heterocycles. The fourth-order valence-electron chi connectivity index (χ4n) is 2.64. The number of rotatable bonds is 7. The van der Waals surface area contributed by atoms with Crippen molar-refractivity contribution in [1.82, 2.24) is 9.80 Å². The number of para-hydroxylation sites is 1. The molecule has 0 aromatic heterocycles. The topological polar surface area (TPSA) is 53.0 Å². The fraction of sp³-hybridized carbons (Fsp3) is 0.588. The van der Waals surface area contributed by atoms with Crippen LogP contribution in [-0.2, 0) is 4.79 Å². The van der Waals surface area contributed by atoms with Gasteiger partial charge in [-0.3, -0.25) is 9.69 Å². The minimum atomic E-state index is -0.308. The highest BCUT2D eigenvalue weighted by Gasteiger charge is 2.21. The molecule has 0 spiro atoms. The van der Waals surface area contributed by atoms with E-state index in [0.29, 0.717) is 19.6 Å². The van der Waals surface area contributed by atoms with Crippen molar-refractivity contribution in [2.24, 2.45) is 0 Å². The fourth-order valence-corrected chi connectivity index (χ4v) is 2.64. The van der Waals surface area contributed by atoms with Gasteiger partial charge in [0.1, 0.15) is 5.75 Å². The number of benzene rings is 1. The number of β-amino-alcohol motifs (C(OH)–C–C–N with tert-alkyl or cyclic N) is 1. The minimum Gasteiger partial charge on any atom is -0.494 e. The largest absolute Gasteiger partial charge is 0.494 e. The quantitative estimate of drug-likeness (QED) is 0.773. The molecule has 1 unspecified atom stereocenters. The van der Waals surface area contributed by atoms with E-state index in [-0.39, 0.29) is 12.0 Å². The number of aliphatic hydroxyl groups is 1. The lowest BCUT2D eigenvalue weighted by Gasteiger charge is -2.35. The van der Waals surface area contributed by atoms with Crippen molar-refractivity contribution in [3.8, 4) is 5.75 Å². The third-order valence-electron chi connectivity index (χ3n) is 3.79. The molecule has 0 aliphatic carbocycles. The molecule has 2 rings (SSSR count). The van der Waals surface area contributed by atoms with Gasteiger partial charge >= 0.3 is 0 Å². The first-order valence-electron chi connectivity index (χ1n) is 8.01. The minimum absolute atomic E-state index is 0.202. The van der Waals surface area contributed by atoms with Gasteiger partial charge in [0.25, 0.3) is 0 Å². The third kappa shape index (κ3) is 5.66. The summed E-state index contributed by atoms with van der Waals surface area (Å²) in [6.45, 7) is 6.25. The maximum absolute atomic E-state index is 12.1. The summed E-state index contributed by atoms with van der Waals surface area (Å²) < 4.78 is 5.60. The second-order valence-electron chi connectivity index (χ2n) is 5.80. The number of hydrogen-bond acceptors (Lipinski definition) is 4. The van der Waals surface area contributed by atoms with Gasteiger partial charge < -0.3 is 14.7 Å². The Morgan fingerprint density at radius 2 is 1.91 bits per heavy atom. The van der Waals surface area contributed by atoms with E-state index in [4.69, 9.17) is 4.74 Å². The lowest BCUT2D eigenvalue weighted by atomic mass is 10.2. The average molecular weight is 306 g/mol. The molecular formula is C17H26N2O3. The van der Waals surface area contributed by atoms with Crippen LogP contribution in [0.4, 0.5) is 0 Å². The summed E-state index contributed by atoms with van der Waals surface area (Å²) in [7, 11) is 0. The first kappa shape index (κ1) is 16.8. The van der Waals surface area contributed by atoms with E-state index in [9.17, 15) is 9.90 Å². The van der Waals surface area contributed by atoms with Gasteiger partial charge in [0.15, 0.2) is 0 Å². The van der Waals surface area contributed by atoms with Gasteiger partial charge in [-0.15, -0.1) is 0 Å². The molecule has 1 amide bonds. The molecule has 1 aromatic carbocycles. The summed E-state index contributed by atoms with van der Waals surface area (Å²) in [6.07, 6.45) is 0.961. The lowest BCUT2D eigenvalue weighted by molar-refractivity contribution is -0.133. The smallest absolute Gasteiger partial charge is 0.222 e. The van der Waals surface area contributed by atoms with E-state index in [2.05, 4.69) is 4.90 Å². The van der Waals surface area contributed by atoms with E-state index in [0.717, 1.165) is 38.3 Å².